The van der Waals surface area contributed by atoms with Crippen LogP contribution in [0.3, 0.4) is 0 Å². The van der Waals surface area contributed by atoms with Gasteiger partial charge in [-0.05, 0) is 43.1 Å². The van der Waals surface area contributed by atoms with Gasteiger partial charge in [0.25, 0.3) is 0 Å². The summed E-state index contributed by atoms with van der Waals surface area (Å²) >= 11 is 5.74. The maximum absolute atomic E-state index is 13.0. The second-order valence-electron chi connectivity index (χ2n) is 3.59. The minimum atomic E-state index is -0.341. The van der Waals surface area contributed by atoms with Crippen molar-refractivity contribution in [2.45, 2.75) is 25.3 Å². The van der Waals surface area contributed by atoms with Gasteiger partial charge in [0.1, 0.15) is 5.82 Å². The molecule has 0 unspecified atom stereocenters. The highest BCUT2D eigenvalue weighted by atomic mass is 35.5. The fourth-order valence-electron chi connectivity index (χ4n) is 1.46. The Labute approximate surface area is 107 Å². The lowest BCUT2D eigenvalue weighted by atomic mass is 10.0. The molecule has 4 N–H and O–H groups in total. The van der Waals surface area contributed by atoms with E-state index in [0.29, 0.717) is 11.6 Å². The Hall–Kier alpha value is -0.350. The van der Waals surface area contributed by atoms with Crippen molar-refractivity contribution in [3.8, 4) is 0 Å². The van der Waals surface area contributed by atoms with Crippen molar-refractivity contribution in [1.29, 1.82) is 0 Å². The molecule has 16 heavy (non-hydrogen) atoms. The lowest BCUT2D eigenvalue weighted by Crippen LogP contribution is -2.11. The van der Waals surface area contributed by atoms with Crippen molar-refractivity contribution in [2.75, 3.05) is 6.54 Å². The lowest BCUT2D eigenvalue weighted by molar-refractivity contribution is 0.580. The van der Waals surface area contributed by atoms with Crippen LogP contribution in [-0.2, 0) is 0 Å². The largest absolute Gasteiger partial charge is 0.330 e. The van der Waals surface area contributed by atoms with Gasteiger partial charge in [-0.2, -0.15) is 0 Å². The third kappa shape index (κ3) is 5.12. The third-order valence-electron chi connectivity index (χ3n) is 2.28. The lowest BCUT2D eigenvalue weighted by Gasteiger charge is -2.12. The molecule has 0 bridgehead atoms. The zero-order valence-electron chi connectivity index (χ0n) is 8.96. The molecular weight excluding hydrogens is 250 g/mol. The van der Waals surface area contributed by atoms with E-state index in [2.05, 4.69) is 0 Å². The van der Waals surface area contributed by atoms with Crippen LogP contribution >= 0.6 is 24.0 Å². The molecule has 0 saturated carbocycles. The molecule has 0 saturated heterocycles. The van der Waals surface area contributed by atoms with Gasteiger partial charge in [-0.3, -0.25) is 0 Å². The molecule has 92 valence electrons. The van der Waals surface area contributed by atoms with E-state index in [1.165, 1.54) is 12.1 Å². The van der Waals surface area contributed by atoms with Crippen molar-refractivity contribution in [3.05, 3.63) is 34.6 Å². The number of unbranched alkanes of at least 4 members (excludes halogenated alkanes) is 1. The smallest absolute Gasteiger partial charge is 0.125 e. The zero-order chi connectivity index (χ0) is 11.3. The molecule has 5 heteroatoms. The topological polar surface area (TPSA) is 52.0 Å². The van der Waals surface area contributed by atoms with Crippen LogP contribution in [0.15, 0.2) is 18.2 Å². The number of halogens is 3. The Morgan fingerprint density at radius 1 is 1.25 bits per heavy atom. The highest BCUT2D eigenvalue weighted by Gasteiger charge is 2.07. The predicted octanol–water partition coefficient (Wildman–Crippen LogP) is 3.03. The van der Waals surface area contributed by atoms with Gasteiger partial charge in [0, 0.05) is 11.1 Å². The quantitative estimate of drug-likeness (QED) is 0.806. The van der Waals surface area contributed by atoms with Crippen LogP contribution in [-0.4, -0.2) is 6.54 Å². The first kappa shape index (κ1) is 15.7. The average molecular weight is 267 g/mol. The third-order valence-corrected chi connectivity index (χ3v) is 2.50. The summed E-state index contributed by atoms with van der Waals surface area (Å²) in [4.78, 5) is 0. The zero-order valence-corrected chi connectivity index (χ0v) is 10.5. The highest BCUT2D eigenvalue weighted by molar-refractivity contribution is 6.30. The van der Waals surface area contributed by atoms with Gasteiger partial charge in [0.2, 0.25) is 0 Å². The van der Waals surface area contributed by atoms with E-state index in [9.17, 15) is 4.39 Å². The molecule has 0 radical (unpaired) electrons. The molecular formula is C11H17Cl2FN2. The van der Waals surface area contributed by atoms with Crippen LogP contribution in [0.5, 0.6) is 0 Å². The van der Waals surface area contributed by atoms with Crippen LogP contribution in [0.2, 0.25) is 5.02 Å². The van der Waals surface area contributed by atoms with E-state index >= 15 is 0 Å². The fraction of sp³-hybridized carbons (Fsp3) is 0.455. The summed E-state index contributed by atoms with van der Waals surface area (Å²) in [6, 6.07) is 4.25. The number of hydrogen-bond acceptors (Lipinski definition) is 2. The van der Waals surface area contributed by atoms with E-state index in [1.54, 1.807) is 6.07 Å². The van der Waals surface area contributed by atoms with Gasteiger partial charge in [0.15, 0.2) is 0 Å². The van der Waals surface area contributed by atoms with Crippen molar-refractivity contribution >= 4 is 24.0 Å². The Balaban J connectivity index is 0.00000225. The van der Waals surface area contributed by atoms with E-state index < -0.39 is 0 Å². The summed E-state index contributed by atoms with van der Waals surface area (Å²) in [5.74, 6) is -0.341. The fourth-order valence-corrected chi connectivity index (χ4v) is 1.69. The van der Waals surface area contributed by atoms with E-state index in [1.807, 2.05) is 0 Å². The average Bonchev–Trinajstić information content (AvgIpc) is 2.16. The second-order valence-corrected chi connectivity index (χ2v) is 4.03. The molecule has 1 aromatic rings. The standard InChI is InChI=1S/C11H16ClFN2.ClH/c12-9-5-8(6-10(13)7-9)11(15)3-1-2-4-14;/h5-7,11H,1-4,14-15H2;1H/t11-;/m0./s1. The van der Waals surface area contributed by atoms with Gasteiger partial charge in [0.05, 0.1) is 0 Å². The molecule has 0 amide bonds. The summed E-state index contributed by atoms with van der Waals surface area (Å²) in [7, 11) is 0. The number of rotatable bonds is 5. The van der Waals surface area contributed by atoms with Crippen molar-refractivity contribution < 1.29 is 4.39 Å². The summed E-state index contributed by atoms with van der Waals surface area (Å²) < 4.78 is 13.0. The molecule has 0 aromatic heterocycles. The Bertz CT molecular complexity index is 301. The molecule has 0 aliphatic heterocycles. The van der Waals surface area contributed by atoms with Gasteiger partial charge < -0.3 is 11.5 Å². The number of benzene rings is 1. The van der Waals surface area contributed by atoms with Gasteiger partial charge >= 0.3 is 0 Å². The normalized spacial score (nSPS) is 12.0. The van der Waals surface area contributed by atoms with Crippen LogP contribution in [0, 0.1) is 5.82 Å². The molecule has 1 atom stereocenters. The summed E-state index contributed by atoms with van der Waals surface area (Å²) in [6.07, 6.45) is 2.69. The Kier molecular flexibility index (Phi) is 7.68. The predicted molar refractivity (Wildman–Crippen MR) is 68.5 cm³/mol. The monoisotopic (exact) mass is 266 g/mol. The minimum absolute atomic E-state index is 0. The molecule has 0 fully saturated rings. The van der Waals surface area contributed by atoms with E-state index in [4.69, 9.17) is 23.1 Å². The van der Waals surface area contributed by atoms with Crippen LogP contribution in [0.25, 0.3) is 0 Å². The molecule has 0 spiro atoms. The number of hydrogen-bond donors (Lipinski definition) is 2. The van der Waals surface area contributed by atoms with Crippen LogP contribution < -0.4 is 11.5 Å². The SMILES string of the molecule is Cl.NCCCC[C@H](N)c1cc(F)cc(Cl)c1. The first-order valence-corrected chi connectivity index (χ1v) is 5.43. The van der Waals surface area contributed by atoms with Crippen LogP contribution in [0.1, 0.15) is 30.9 Å². The van der Waals surface area contributed by atoms with Crippen molar-refractivity contribution in [2.24, 2.45) is 11.5 Å². The molecule has 0 aliphatic carbocycles. The second kappa shape index (κ2) is 7.85. The highest BCUT2D eigenvalue weighted by Crippen LogP contribution is 2.21. The van der Waals surface area contributed by atoms with Crippen molar-refractivity contribution in [1.82, 2.24) is 0 Å². The van der Waals surface area contributed by atoms with Crippen molar-refractivity contribution in [3.63, 3.8) is 0 Å². The Morgan fingerprint density at radius 2 is 1.94 bits per heavy atom. The van der Waals surface area contributed by atoms with E-state index in [-0.39, 0.29) is 24.3 Å². The van der Waals surface area contributed by atoms with E-state index in [0.717, 1.165) is 24.8 Å². The van der Waals surface area contributed by atoms with Gasteiger partial charge in [-0.15, -0.1) is 12.4 Å². The first-order chi connectivity index (χ1) is 7.13. The molecule has 1 rings (SSSR count). The minimum Gasteiger partial charge on any atom is -0.330 e. The van der Waals surface area contributed by atoms with Gasteiger partial charge in [-0.1, -0.05) is 18.0 Å². The molecule has 0 aliphatic rings. The maximum Gasteiger partial charge on any atom is 0.125 e. The molecule has 1 aromatic carbocycles. The van der Waals surface area contributed by atoms with Gasteiger partial charge in [-0.25, -0.2) is 4.39 Å². The number of nitrogens with two attached hydrogens (primary N) is 2. The summed E-state index contributed by atoms with van der Waals surface area (Å²) in [5, 5.41) is 0.388. The first-order valence-electron chi connectivity index (χ1n) is 5.05. The summed E-state index contributed by atoms with van der Waals surface area (Å²) in [6.45, 7) is 0.663. The summed E-state index contributed by atoms with van der Waals surface area (Å²) in [5.41, 5.74) is 12.0. The molecule has 2 nitrogen and oxygen atoms in total. The molecule has 0 heterocycles. The Morgan fingerprint density at radius 3 is 2.50 bits per heavy atom. The maximum atomic E-state index is 13.0. The van der Waals surface area contributed by atoms with Crippen LogP contribution in [0.4, 0.5) is 4.39 Å².